The minimum atomic E-state index is -1.04. The van der Waals surface area contributed by atoms with E-state index in [1.54, 1.807) is 13.8 Å². The Labute approximate surface area is 179 Å². The molecule has 2 amide bonds. The third-order valence-corrected chi connectivity index (χ3v) is 6.85. The first kappa shape index (κ1) is 22.1. The summed E-state index contributed by atoms with van der Waals surface area (Å²) in [4.78, 5) is 28.1. The molecule has 0 saturated carbocycles. The van der Waals surface area contributed by atoms with Gasteiger partial charge in [-0.15, -0.1) is 11.8 Å². The lowest BCUT2D eigenvalue weighted by molar-refractivity contribution is -0.148. The lowest BCUT2D eigenvalue weighted by Crippen LogP contribution is -2.57. The van der Waals surface area contributed by atoms with E-state index in [1.165, 1.54) is 16.7 Å². The van der Waals surface area contributed by atoms with Crippen molar-refractivity contribution in [3.8, 4) is 0 Å². The lowest BCUT2D eigenvalue weighted by Gasteiger charge is -2.40. The summed E-state index contributed by atoms with van der Waals surface area (Å²) in [6, 6.07) is 7.57. The van der Waals surface area contributed by atoms with E-state index < -0.39 is 5.54 Å². The Bertz CT molecular complexity index is 748. The van der Waals surface area contributed by atoms with Crippen molar-refractivity contribution in [3.63, 3.8) is 0 Å². The van der Waals surface area contributed by atoms with Crippen molar-refractivity contribution in [2.75, 3.05) is 17.8 Å². The Morgan fingerprint density at radius 1 is 1.44 bits per heavy atom. The Hall–Kier alpha value is -1.22. The van der Waals surface area contributed by atoms with E-state index >= 15 is 0 Å². The van der Waals surface area contributed by atoms with Gasteiger partial charge in [-0.3, -0.25) is 14.5 Å². The van der Waals surface area contributed by atoms with Gasteiger partial charge in [-0.1, -0.05) is 26.3 Å². The van der Waals surface area contributed by atoms with Crippen LogP contribution in [0.2, 0.25) is 0 Å². The van der Waals surface area contributed by atoms with E-state index in [-0.39, 0.29) is 18.5 Å². The number of allylic oxidation sites excluding steroid dienone is 1. The number of rotatable bonds is 7. The number of amides is 2. The molecule has 0 radical (unpaired) electrons. The number of hydrogen-bond acceptors (Lipinski definition) is 4. The van der Waals surface area contributed by atoms with Gasteiger partial charge in [-0.25, -0.2) is 0 Å². The van der Waals surface area contributed by atoms with Gasteiger partial charge in [0.15, 0.2) is 6.73 Å². The Morgan fingerprint density at radius 2 is 2.15 bits per heavy atom. The predicted molar refractivity (Wildman–Crippen MR) is 119 cm³/mol. The summed E-state index contributed by atoms with van der Waals surface area (Å²) in [6.07, 6.45) is 1.06. The zero-order valence-corrected chi connectivity index (χ0v) is 19.4. The number of thioether (sulfide) groups is 1. The third kappa shape index (κ3) is 5.40. The molecule has 0 aromatic heterocycles. The number of ether oxygens (including phenoxy) is 1. The maximum atomic E-state index is 13.1. The molecule has 7 heteroatoms. The van der Waals surface area contributed by atoms with Crippen LogP contribution in [-0.2, 0) is 14.3 Å². The zero-order chi connectivity index (χ0) is 20.2. The average molecular weight is 502 g/mol. The number of carbonyl (C=O) groups is 2. The number of benzene rings is 1. The van der Waals surface area contributed by atoms with Crippen molar-refractivity contribution < 1.29 is 14.3 Å². The number of hydrogen-bond donors (Lipinski definition) is 1. The highest BCUT2D eigenvalue weighted by Gasteiger charge is 2.42. The SMILES string of the molecule is CCC(C)CSC1=C(C)OCN(C(C)(C)C(=O)Nc2cccc(I)c2)C1=O. The molecule has 1 heterocycles. The molecule has 0 fully saturated rings. The van der Waals surface area contributed by atoms with Crippen LogP contribution >= 0.6 is 34.4 Å². The smallest absolute Gasteiger partial charge is 0.267 e. The molecule has 2 rings (SSSR count). The van der Waals surface area contributed by atoms with Gasteiger partial charge in [-0.2, -0.15) is 0 Å². The molecule has 1 aliphatic rings. The third-order valence-electron chi connectivity index (χ3n) is 4.69. The summed E-state index contributed by atoms with van der Waals surface area (Å²) in [5, 5.41) is 2.91. The Morgan fingerprint density at radius 3 is 2.78 bits per heavy atom. The second kappa shape index (κ2) is 9.32. The largest absolute Gasteiger partial charge is 0.476 e. The highest BCUT2D eigenvalue weighted by Crippen LogP contribution is 2.32. The molecule has 1 unspecified atom stereocenters. The second-order valence-corrected chi connectivity index (χ2v) is 9.52. The summed E-state index contributed by atoms with van der Waals surface area (Å²) in [6.45, 7) is 9.67. The molecule has 0 bridgehead atoms. The van der Waals surface area contributed by atoms with E-state index in [2.05, 4.69) is 41.8 Å². The van der Waals surface area contributed by atoms with Crippen LogP contribution in [0.4, 0.5) is 5.69 Å². The average Bonchev–Trinajstić information content (AvgIpc) is 2.60. The normalized spacial score (nSPS) is 16.2. The number of anilines is 1. The monoisotopic (exact) mass is 502 g/mol. The highest BCUT2D eigenvalue weighted by atomic mass is 127. The van der Waals surface area contributed by atoms with Gasteiger partial charge in [0.05, 0.1) is 0 Å². The molecule has 0 saturated heterocycles. The van der Waals surface area contributed by atoms with Gasteiger partial charge >= 0.3 is 0 Å². The van der Waals surface area contributed by atoms with Crippen molar-refractivity contribution in [2.24, 2.45) is 5.92 Å². The standard InChI is InChI=1S/C20H27IN2O3S/c1-6-13(2)11-27-17-14(3)26-12-23(18(17)24)20(4,5)19(25)22-16-9-7-8-15(21)10-16/h7-10,13H,6,11-12H2,1-5H3,(H,22,25). The zero-order valence-electron chi connectivity index (χ0n) is 16.5. The van der Waals surface area contributed by atoms with Crippen LogP contribution in [0.3, 0.4) is 0 Å². The first-order valence-electron chi connectivity index (χ1n) is 9.02. The summed E-state index contributed by atoms with van der Waals surface area (Å²) in [7, 11) is 0. The molecule has 148 valence electrons. The molecule has 1 aromatic carbocycles. The van der Waals surface area contributed by atoms with Gasteiger partial charge < -0.3 is 10.1 Å². The van der Waals surface area contributed by atoms with E-state index in [0.29, 0.717) is 22.3 Å². The van der Waals surface area contributed by atoms with Crippen LogP contribution < -0.4 is 5.32 Å². The molecule has 1 aliphatic heterocycles. The van der Waals surface area contributed by atoms with Crippen LogP contribution in [0.15, 0.2) is 34.9 Å². The molecular weight excluding hydrogens is 475 g/mol. The highest BCUT2D eigenvalue weighted by molar-refractivity contribution is 14.1. The molecular formula is C20H27IN2O3S. The summed E-state index contributed by atoms with van der Waals surface area (Å²) < 4.78 is 6.76. The number of nitrogens with zero attached hydrogens (tertiary/aromatic N) is 1. The number of halogens is 1. The quantitative estimate of drug-likeness (QED) is 0.543. The van der Waals surface area contributed by atoms with Crippen LogP contribution in [0, 0.1) is 9.49 Å². The van der Waals surface area contributed by atoms with E-state index in [9.17, 15) is 9.59 Å². The van der Waals surface area contributed by atoms with Gasteiger partial charge in [0.25, 0.3) is 5.91 Å². The number of nitrogens with one attached hydrogen (secondary N) is 1. The minimum Gasteiger partial charge on any atom is -0.476 e. The first-order chi connectivity index (χ1) is 12.7. The van der Waals surface area contributed by atoms with Crippen molar-refractivity contribution in [1.29, 1.82) is 0 Å². The van der Waals surface area contributed by atoms with Crippen molar-refractivity contribution in [1.82, 2.24) is 4.90 Å². The fourth-order valence-corrected chi connectivity index (χ4v) is 4.18. The Balaban J connectivity index is 2.15. The van der Waals surface area contributed by atoms with E-state index in [0.717, 1.165) is 15.7 Å². The minimum absolute atomic E-state index is 0.0742. The van der Waals surface area contributed by atoms with Crippen LogP contribution in [-0.4, -0.2) is 34.7 Å². The molecule has 0 aliphatic carbocycles. The first-order valence-corrected chi connectivity index (χ1v) is 11.1. The van der Waals surface area contributed by atoms with E-state index in [4.69, 9.17) is 4.74 Å². The lowest BCUT2D eigenvalue weighted by atomic mass is 10.0. The van der Waals surface area contributed by atoms with Crippen LogP contribution in [0.1, 0.15) is 41.0 Å². The van der Waals surface area contributed by atoms with Gasteiger partial charge in [0.2, 0.25) is 5.91 Å². The maximum Gasteiger partial charge on any atom is 0.267 e. The van der Waals surface area contributed by atoms with Crippen molar-refractivity contribution in [2.45, 2.75) is 46.6 Å². The summed E-state index contributed by atoms with van der Waals surface area (Å²) >= 11 is 3.71. The van der Waals surface area contributed by atoms with Crippen LogP contribution in [0.25, 0.3) is 0 Å². The topological polar surface area (TPSA) is 58.6 Å². The van der Waals surface area contributed by atoms with Crippen molar-refractivity contribution in [3.05, 3.63) is 38.5 Å². The van der Waals surface area contributed by atoms with Crippen LogP contribution in [0.5, 0.6) is 0 Å². The predicted octanol–water partition coefficient (Wildman–Crippen LogP) is 4.84. The second-order valence-electron chi connectivity index (χ2n) is 7.24. The maximum absolute atomic E-state index is 13.1. The molecule has 1 aromatic rings. The summed E-state index contributed by atoms with van der Waals surface area (Å²) in [5.74, 6) is 1.61. The fraction of sp³-hybridized carbons (Fsp3) is 0.500. The molecule has 1 atom stereocenters. The Kier molecular flexibility index (Phi) is 7.62. The molecule has 0 spiro atoms. The molecule has 27 heavy (non-hydrogen) atoms. The van der Waals surface area contributed by atoms with Gasteiger partial charge in [0.1, 0.15) is 16.2 Å². The van der Waals surface area contributed by atoms with E-state index in [1.807, 2.05) is 31.2 Å². The summed E-state index contributed by atoms with van der Waals surface area (Å²) in [5.41, 5.74) is -0.329. The van der Waals surface area contributed by atoms with Gasteiger partial charge in [0, 0.05) is 15.0 Å². The van der Waals surface area contributed by atoms with Gasteiger partial charge in [-0.05, 0) is 67.5 Å². The number of carbonyl (C=O) groups excluding carboxylic acids is 2. The fourth-order valence-electron chi connectivity index (χ4n) is 2.45. The van der Waals surface area contributed by atoms with Crippen molar-refractivity contribution >= 4 is 51.9 Å². The molecule has 5 nitrogen and oxygen atoms in total. The molecule has 1 N–H and O–H groups in total.